The first kappa shape index (κ1) is 22.7. The van der Waals surface area contributed by atoms with Crippen LogP contribution in [0.15, 0.2) is 83.7 Å². The fourth-order valence-corrected chi connectivity index (χ4v) is 4.42. The van der Waals surface area contributed by atoms with Crippen LogP contribution >= 0.6 is 15.9 Å². The lowest BCUT2D eigenvalue weighted by atomic mass is 9.41. The maximum atomic E-state index is 6.60. The molecule has 0 bridgehead atoms. The van der Waals surface area contributed by atoms with Gasteiger partial charge in [0, 0.05) is 35.3 Å². The zero-order valence-electron chi connectivity index (χ0n) is 19.3. The number of nitrogens with zero attached hydrogens (tertiary/aromatic N) is 3. The normalized spacial score (nSPS) is 12.4. The predicted molar refractivity (Wildman–Crippen MR) is 143 cm³/mol. The molecule has 0 spiro atoms. The van der Waals surface area contributed by atoms with Crippen LogP contribution in [0.2, 0.25) is 0 Å². The number of halogens is 1. The average molecular weight is 506 g/mol. The Hall–Kier alpha value is -3.05. The predicted octanol–water partition coefficient (Wildman–Crippen LogP) is 6.66. The van der Waals surface area contributed by atoms with E-state index in [1.807, 2.05) is 69.3 Å². The second-order valence-corrected chi connectivity index (χ2v) is 10.3. The SMILES string of the molecule is [B]C([B])(c1ccnc(-n2c3ccccc3c3ccc(Oc4ccnc(Br)c4)cc32)c1)C(C)(C)C. The van der Waals surface area contributed by atoms with Crippen LogP contribution in [0.4, 0.5) is 0 Å². The van der Waals surface area contributed by atoms with Gasteiger partial charge in [-0.1, -0.05) is 49.7 Å². The fraction of sp³-hybridized carbons (Fsp3) is 0.185. The molecule has 7 heteroatoms. The number of benzene rings is 2. The molecule has 0 N–H and O–H groups in total. The number of rotatable bonds is 4. The summed E-state index contributed by atoms with van der Waals surface area (Å²) in [4.78, 5) is 8.86. The van der Waals surface area contributed by atoms with Crippen molar-refractivity contribution >= 4 is 53.4 Å². The molecule has 164 valence electrons. The molecule has 0 aliphatic heterocycles. The second kappa shape index (κ2) is 8.31. The van der Waals surface area contributed by atoms with Crippen LogP contribution in [0.1, 0.15) is 26.3 Å². The molecule has 4 nitrogen and oxygen atoms in total. The molecule has 3 aromatic heterocycles. The molecule has 5 rings (SSSR count). The lowest BCUT2D eigenvalue weighted by Crippen LogP contribution is -2.41. The van der Waals surface area contributed by atoms with Gasteiger partial charge in [-0.3, -0.25) is 4.57 Å². The standard InChI is InChI=1S/C27H22B2BrN3O/c1-26(2,3)27(28,29)17-10-12-32-25(14-17)33-22-7-5-4-6-20(22)21-9-8-18(15-23(21)33)34-19-11-13-31-24(30)16-19/h4-16H,1-3H3. The van der Waals surface area contributed by atoms with Crippen molar-refractivity contribution in [3.05, 3.63) is 89.3 Å². The zero-order chi connectivity index (χ0) is 24.1. The van der Waals surface area contributed by atoms with Gasteiger partial charge in [-0.05, 0) is 57.7 Å². The van der Waals surface area contributed by atoms with E-state index >= 15 is 0 Å². The zero-order valence-corrected chi connectivity index (χ0v) is 20.9. The third-order valence-corrected chi connectivity index (χ3v) is 6.71. The summed E-state index contributed by atoms with van der Waals surface area (Å²) in [6.45, 7) is 6.11. The number of hydrogen-bond acceptors (Lipinski definition) is 3. The van der Waals surface area contributed by atoms with Gasteiger partial charge in [0.25, 0.3) is 0 Å². The molecule has 4 radical (unpaired) electrons. The fourth-order valence-electron chi connectivity index (χ4n) is 4.08. The first-order valence-corrected chi connectivity index (χ1v) is 11.8. The van der Waals surface area contributed by atoms with Crippen LogP contribution in [0.25, 0.3) is 27.6 Å². The molecule has 0 atom stereocenters. The average Bonchev–Trinajstić information content (AvgIpc) is 3.12. The molecule has 0 fully saturated rings. The lowest BCUT2D eigenvalue weighted by Gasteiger charge is -2.40. The minimum absolute atomic E-state index is 0.341. The molecular formula is C27H22B2BrN3O. The van der Waals surface area contributed by atoms with Crippen molar-refractivity contribution in [2.45, 2.75) is 26.0 Å². The van der Waals surface area contributed by atoms with E-state index in [-0.39, 0.29) is 5.41 Å². The Bertz CT molecular complexity index is 1520. The number of fused-ring (bicyclic) bond motifs is 3. The van der Waals surface area contributed by atoms with Crippen LogP contribution in [0, 0.1) is 5.41 Å². The van der Waals surface area contributed by atoms with Crippen molar-refractivity contribution in [2.24, 2.45) is 5.41 Å². The summed E-state index contributed by atoms with van der Waals surface area (Å²) >= 11 is 3.39. The number of pyridine rings is 2. The Balaban J connectivity index is 1.70. The number of hydrogen-bond donors (Lipinski definition) is 0. The summed E-state index contributed by atoms with van der Waals surface area (Å²) in [7, 11) is 13.2. The Morgan fingerprint density at radius 1 is 0.794 bits per heavy atom. The van der Waals surface area contributed by atoms with Gasteiger partial charge in [-0.2, -0.15) is 0 Å². The van der Waals surface area contributed by atoms with Crippen molar-refractivity contribution in [3.8, 4) is 17.3 Å². The summed E-state index contributed by atoms with van der Waals surface area (Å²) in [5, 5.41) is 1.21. The van der Waals surface area contributed by atoms with E-state index in [1.165, 1.54) is 0 Å². The van der Waals surface area contributed by atoms with E-state index in [1.54, 1.807) is 12.4 Å². The molecule has 0 unspecified atom stereocenters. The Kier molecular flexibility index (Phi) is 5.56. The maximum absolute atomic E-state index is 6.60. The highest BCUT2D eigenvalue weighted by molar-refractivity contribution is 9.10. The number of aromatic nitrogens is 3. The Morgan fingerprint density at radius 3 is 2.26 bits per heavy atom. The van der Waals surface area contributed by atoms with Gasteiger partial charge in [0.15, 0.2) is 0 Å². The highest BCUT2D eigenvalue weighted by atomic mass is 79.9. The van der Waals surface area contributed by atoms with E-state index in [0.717, 1.165) is 33.2 Å². The number of para-hydroxylation sites is 1. The lowest BCUT2D eigenvalue weighted by molar-refractivity contribution is 0.358. The van der Waals surface area contributed by atoms with Crippen molar-refractivity contribution in [1.82, 2.24) is 14.5 Å². The first-order valence-electron chi connectivity index (χ1n) is 11.0. The van der Waals surface area contributed by atoms with Gasteiger partial charge in [0.1, 0.15) is 21.9 Å². The summed E-state index contributed by atoms with van der Waals surface area (Å²) in [5.74, 6) is 2.16. The van der Waals surface area contributed by atoms with E-state index in [9.17, 15) is 0 Å². The minimum Gasteiger partial charge on any atom is -0.457 e. The van der Waals surface area contributed by atoms with E-state index in [4.69, 9.17) is 25.4 Å². The Morgan fingerprint density at radius 2 is 1.50 bits per heavy atom. The molecule has 0 saturated heterocycles. The van der Waals surface area contributed by atoms with Crippen molar-refractivity contribution in [2.75, 3.05) is 0 Å². The van der Waals surface area contributed by atoms with Gasteiger partial charge in [-0.25, -0.2) is 9.97 Å². The number of ether oxygens (including phenoxy) is 1. The van der Waals surface area contributed by atoms with Crippen molar-refractivity contribution in [3.63, 3.8) is 0 Å². The van der Waals surface area contributed by atoms with Gasteiger partial charge >= 0.3 is 0 Å². The topological polar surface area (TPSA) is 39.9 Å². The van der Waals surface area contributed by atoms with Crippen LogP contribution < -0.4 is 4.74 Å². The van der Waals surface area contributed by atoms with E-state index in [2.05, 4.69) is 43.7 Å². The largest absolute Gasteiger partial charge is 0.457 e. The summed E-state index contributed by atoms with van der Waals surface area (Å²) in [6.07, 6.45) is 3.46. The summed E-state index contributed by atoms with van der Waals surface area (Å²) < 4.78 is 8.98. The molecule has 34 heavy (non-hydrogen) atoms. The highest BCUT2D eigenvalue weighted by Gasteiger charge is 2.33. The Labute approximate surface area is 210 Å². The van der Waals surface area contributed by atoms with E-state index < -0.39 is 5.21 Å². The summed E-state index contributed by atoms with van der Waals surface area (Å²) in [5.41, 5.74) is 2.50. The third-order valence-electron chi connectivity index (χ3n) is 6.27. The van der Waals surface area contributed by atoms with Crippen molar-refractivity contribution < 1.29 is 4.74 Å². The minimum atomic E-state index is -1.02. The quantitative estimate of drug-likeness (QED) is 0.202. The molecule has 3 heterocycles. The summed E-state index contributed by atoms with van der Waals surface area (Å²) in [6, 6.07) is 21.9. The van der Waals surface area contributed by atoms with Crippen LogP contribution in [0.3, 0.4) is 0 Å². The molecule has 0 aliphatic rings. The van der Waals surface area contributed by atoms with Crippen molar-refractivity contribution in [1.29, 1.82) is 0 Å². The van der Waals surface area contributed by atoms with E-state index in [0.29, 0.717) is 16.1 Å². The molecule has 0 aliphatic carbocycles. The van der Waals surface area contributed by atoms with Gasteiger partial charge in [-0.15, -0.1) is 0 Å². The smallest absolute Gasteiger partial charge is 0.137 e. The van der Waals surface area contributed by atoms with Gasteiger partial charge in [0.2, 0.25) is 0 Å². The van der Waals surface area contributed by atoms with Gasteiger partial charge in [0.05, 0.1) is 26.7 Å². The second-order valence-electron chi connectivity index (χ2n) is 9.47. The van der Waals surface area contributed by atoms with Crippen LogP contribution in [0.5, 0.6) is 11.5 Å². The molecule has 0 saturated carbocycles. The highest BCUT2D eigenvalue weighted by Crippen LogP contribution is 2.38. The molecule has 0 amide bonds. The maximum Gasteiger partial charge on any atom is 0.137 e. The molecule has 5 aromatic rings. The molecular weight excluding hydrogens is 484 g/mol. The van der Waals surface area contributed by atoms with Crippen LogP contribution in [-0.2, 0) is 5.21 Å². The third kappa shape index (κ3) is 3.92. The molecule has 2 aromatic carbocycles. The van der Waals surface area contributed by atoms with Gasteiger partial charge < -0.3 is 4.74 Å². The van der Waals surface area contributed by atoms with Crippen LogP contribution in [-0.4, -0.2) is 30.2 Å². The monoisotopic (exact) mass is 505 g/mol. The first-order chi connectivity index (χ1) is 16.1.